The molecule has 2 unspecified atom stereocenters. The Morgan fingerprint density at radius 2 is 2.21 bits per heavy atom. The Morgan fingerprint density at radius 1 is 1.43 bits per heavy atom. The Balaban J connectivity index is 1.99. The van der Waals surface area contributed by atoms with Gasteiger partial charge in [0, 0.05) is 19.2 Å². The molecule has 0 aromatic carbocycles. The second-order valence-electron chi connectivity index (χ2n) is 4.34. The maximum atomic E-state index is 5.69. The highest BCUT2D eigenvalue weighted by molar-refractivity contribution is 4.65. The second kappa shape index (κ2) is 6.38. The topological polar surface area (TPSA) is 30.5 Å². The summed E-state index contributed by atoms with van der Waals surface area (Å²) < 4.78 is 11.2. The van der Waals surface area contributed by atoms with E-state index in [4.69, 9.17) is 9.47 Å². The maximum Gasteiger partial charge on any atom is 0.0809 e. The van der Waals surface area contributed by atoms with E-state index in [0.29, 0.717) is 12.1 Å². The van der Waals surface area contributed by atoms with Gasteiger partial charge < -0.3 is 14.8 Å². The summed E-state index contributed by atoms with van der Waals surface area (Å²) >= 11 is 0. The number of hydrogen-bond acceptors (Lipinski definition) is 3. The van der Waals surface area contributed by atoms with Gasteiger partial charge in [0.25, 0.3) is 0 Å². The molecule has 1 rings (SSSR count). The number of hydrogen-bond donors (Lipinski definition) is 1. The zero-order chi connectivity index (χ0) is 10.4. The monoisotopic (exact) mass is 201 g/mol. The Labute approximate surface area is 87.2 Å². The molecule has 3 nitrogen and oxygen atoms in total. The summed E-state index contributed by atoms with van der Waals surface area (Å²) in [5.74, 6) is 0. The number of ether oxygens (including phenoxy) is 2. The minimum absolute atomic E-state index is 0.279. The molecule has 1 aliphatic heterocycles. The molecule has 0 bridgehead atoms. The van der Waals surface area contributed by atoms with Crippen molar-refractivity contribution in [3.63, 3.8) is 0 Å². The average Bonchev–Trinajstić information content (AvgIpc) is 2.63. The molecule has 0 aliphatic carbocycles. The maximum absolute atomic E-state index is 5.69. The fourth-order valence-corrected chi connectivity index (χ4v) is 1.51. The predicted molar refractivity (Wildman–Crippen MR) is 57.5 cm³/mol. The van der Waals surface area contributed by atoms with Crippen LogP contribution in [0.4, 0.5) is 0 Å². The third-order valence-corrected chi connectivity index (χ3v) is 2.40. The predicted octanol–water partition coefficient (Wildman–Crippen LogP) is 1.57. The first-order chi connectivity index (χ1) is 6.68. The van der Waals surface area contributed by atoms with Crippen molar-refractivity contribution < 1.29 is 9.47 Å². The lowest BCUT2D eigenvalue weighted by Crippen LogP contribution is -2.33. The van der Waals surface area contributed by atoms with Crippen LogP contribution in [0.5, 0.6) is 0 Å². The molecule has 14 heavy (non-hydrogen) atoms. The highest BCUT2D eigenvalue weighted by Crippen LogP contribution is 2.12. The van der Waals surface area contributed by atoms with Crippen LogP contribution in [0.15, 0.2) is 0 Å². The SMILES string of the molecule is CC(C)NCC(C)OCC1CCCO1. The molecule has 1 heterocycles. The van der Waals surface area contributed by atoms with Gasteiger partial charge in [0.1, 0.15) is 0 Å². The Morgan fingerprint density at radius 3 is 2.79 bits per heavy atom. The van der Waals surface area contributed by atoms with Crippen molar-refractivity contribution in [3.05, 3.63) is 0 Å². The first-order valence-corrected chi connectivity index (χ1v) is 5.65. The van der Waals surface area contributed by atoms with Gasteiger partial charge in [0.15, 0.2) is 0 Å². The fourth-order valence-electron chi connectivity index (χ4n) is 1.51. The summed E-state index contributed by atoms with van der Waals surface area (Å²) in [6.45, 7) is 8.97. The Bertz CT molecular complexity index is 144. The van der Waals surface area contributed by atoms with E-state index in [9.17, 15) is 0 Å². The largest absolute Gasteiger partial charge is 0.376 e. The van der Waals surface area contributed by atoms with Crippen LogP contribution in [-0.4, -0.2) is 38.0 Å². The van der Waals surface area contributed by atoms with E-state index in [-0.39, 0.29) is 6.10 Å². The zero-order valence-electron chi connectivity index (χ0n) is 9.58. The van der Waals surface area contributed by atoms with E-state index in [0.717, 1.165) is 26.2 Å². The normalized spacial score (nSPS) is 24.4. The molecule has 0 spiro atoms. The summed E-state index contributed by atoms with van der Waals surface area (Å²) in [6, 6.07) is 0.531. The van der Waals surface area contributed by atoms with E-state index >= 15 is 0 Å². The van der Waals surface area contributed by atoms with Crippen molar-refractivity contribution in [3.8, 4) is 0 Å². The van der Waals surface area contributed by atoms with Gasteiger partial charge in [-0.05, 0) is 19.8 Å². The smallest absolute Gasteiger partial charge is 0.0809 e. The van der Waals surface area contributed by atoms with Crippen LogP contribution in [0.1, 0.15) is 33.6 Å². The van der Waals surface area contributed by atoms with Crippen molar-refractivity contribution in [2.45, 2.75) is 51.9 Å². The molecule has 1 fully saturated rings. The highest BCUT2D eigenvalue weighted by atomic mass is 16.5. The molecular formula is C11H23NO2. The summed E-state index contributed by atoms with van der Waals surface area (Å²) in [7, 11) is 0. The molecular weight excluding hydrogens is 178 g/mol. The van der Waals surface area contributed by atoms with Crippen LogP contribution in [0.2, 0.25) is 0 Å². The van der Waals surface area contributed by atoms with Gasteiger partial charge in [-0.25, -0.2) is 0 Å². The summed E-state index contributed by atoms with van der Waals surface area (Å²) in [6.07, 6.45) is 2.97. The van der Waals surface area contributed by atoms with Crippen molar-refractivity contribution in [2.24, 2.45) is 0 Å². The lowest BCUT2D eigenvalue weighted by molar-refractivity contribution is -0.0137. The molecule has 0 amide bonds. The molecule has 1 N–H and O–H groups in total. The summed E-state index contributed by atoms with van der Waals surface area (Å²) in [5.41, 5.74) is 0. The van der Waals surface area contributed by atoms with E-state index < -0.39 is 0 Å². The van der Waals surface area contributed by atoms with Crippen LogP contribution < -0.4 is 5.32 Å². The molecule has 3 heteroatoms. The highest BCUT2D eigenvalue weighted by Gasteiger charge is 2.16. The van der Waals surface area contributed by atoms with Gasteiger partial charge >= 0.3 is 0 Å². The van der Waals surface area contributed by atoms with Crippen molar-refractivity contribution in [2.75, 3.05) is 19.8 Å². The van der Waals surface area contributed by atoms with Gasteiger partial charge in [-0.1, -0.05) is 13.8 Å². The van der Waals surface area contributed by atoms with Crippen LogP contribution in [0.3, 0.4) is 0 Å². The molecule has 0 saturated carbocycles. The first-order valence-electron chi connectivity index (χ1n) is 5.65. The van der Waals surface area contributed by atoms with Crippen LogP contribution in [-0.2, 0) is 9.47 Å². The number of nitrogens with one attached hydrogen (secondary N) is 1. The van der Waals surface area contributed by atoms with Gasteiger partial charge in [0.05, 0.1) is 18.8 Å². The van der Waals surface area contributed by atoms with Crippen molar-refractivity contribution >= 4 is 0 Å². The molecule has 0 aromatic rings. The first kappa shape index (κ1) is 12.0. The minimum atomic E-state index is 0.279. The molecule has 0 aromatic heterocycles. The average molecular weight is 201 g/mol. The molecule has 0 radical (unpaired) electrons. The van der Waals surface area contributed by atoms with Gasteiger partial charge in [0.2, 0.25) is 0 Å². The van der Waals surface area contributed by atoms with E-state index in [1.165, 1.54) is 6.42 Å². The summed E-state index contributed by atoms with van der Waals surface area (Å²) in [5, 5.41) is 3.35. The quantitative estimate of drug-likeness (QED) is 0.707. The van der Waals surface area contributed by atoms with Gasteiger partial charge in [-0.3, -0.25) is 0 Å². The minimum Gasteiger partial charge on any atom is -0.376 e. The molecule has 84 valence electrons. The third-order valence-electron chi connectivity index (χ3n) is 2.40. The summed E-state index contributed by atoms with van der Waals surface area (Å²) in [4.78, 5) is 0. The van der Waals surface area contributed by atoms with Crippen LogP contribution in [0.25, 0.3) is 0 Å². The molecule has 1 saturated heterocycles. The van der Waals surface area contributed by atoms with Gasteiger partial charge in [-0.15, -0.1) is 0 Å². The second-order valence-corrected chi connectivity index (χ2v) is 4.34. The Hall–Kier alpha value is -0.120. The van der Waals surface area contributed by atoms with Gasteiger partial charge in [-0.2, -0.15) is 0 Å². The Kier molecular flexibility index (Phi) is 5.45. The number of rotatable bonds is 6. The fraction of sp³-hybridized carbons (Fsp3) is 1.00. The molecule has 2 atom stereocenters. The van der Waals surface area contributed by atoms with Crippen molar-refractivity contribution in [1.29, 1.82) is 0 Å². The zero-order valence-corrected chi connectivity index (χ0v) is 9.58. The van der Waals surface area contributed by atoms with E-state index in [1.807, 2.05) is 0 Å². The van der Waals surface area contributed by atoms with Crippen molar-refractivity contribution in [1.82, 2.24) is 5.32 Å². The third kappa shape index (κ3) is 4.94. The van der Waals surface area contributed by atoms with E-state index in [2.05, 4.69) is 26.1 Å². The standard InChI is InChI=1S/C11H23NO2/c1-9(2)12-7-10(3)14-8-11-5-4-6-13-11/h9-12H,4-8H2,1-3H3. The lowest BCUT2D eigenvalue weighted by atomic mass is 10.2. The van der Waals surface area contributed by atoms with Crippen LogP contribution in [0, 0.1) is 0 Å². The van der Waals surface area contributed by atoms with E-state index in [1.54, 1.807) is 0 Å². The molecule has 1 aliphatic rings. The van der Waals surface area contributed by atoms with Crippen LogP contribution >= 0.6 is 0 Å². The lowest BCUT2D eigenvalue weighted by Gasteiger charge is -2.18.